The van der Waals surface area contributed by atoms with Crippen molar-refractivity contribution in [2.45, 2.75) is 26.8 Å². The number of aromatic nitrogens is 2. The molecule has 5 heteroatoms. The van der Waals surface area contributed by atoms with Crippen molar-refractivity contribution in [3.8, 4) is 22.9 Å². The molecule has 1 aromatic heterocycles. The molecule has 0 aliphatic heterocycles. The highest BCUT2D eigenvalue weighted by molar-refractivity contribution is 5.79. The Morgan fingerprint density at radius 2 is 1.71 bits per heavy atom. The van der Waals surface area contributed by atoms with Crippen LogP contribution < -0.4 is 15.0 Å². The summed E-state index contributed by atoms with van der Waals surface area (Å²) in [7, 11) is 1.63. The van der Waals surface area contributed by atoms with Crippen LogP contribution in [0, 0.1) is 13.8 Å². The second kappa shape index (κ2) is 9.04. The summed E-state index contributed by atoms with van der Waals surface area (Å²) in [4.78, 5) is 18.1. The van der Waals surface area contributed by atoms with Gasteiger partial charge in [0.15, 0.2) is 0 Å². The molecular weight excluding hydrogens is 388 g/mol. The summed E-state index contributed by atoms with van der Waals surface area (Å²) in [6.45, 7) is 5.17. The van der Waals surface area contributed by atoms with E-state index in [0.29, 0.717) is 36.3 Å². The highest BCUT2D eigenvalue weighted by Crippen LogP contribution is 2.23. The van der Waals surface area contributed by atoms with E-state index in [1.54, 1.807) is 11.7 Å². The van der Waals surface area contributed by atoms with E-state index in [9.17, 15) is 4.79 Å². The Balaban J connectivity index is 1.62. The van der Waals surface area contributed by atoms with Crippen LogP contribution in [-0.4, -0.2) is 23.3 Å². The molecule has 5 nitrogen and oxygen atoms in total. The summed E-state index contributed by atoms with van der Waals surface area (Å²) in [5.41, 5.74) is 3.88. The largest absolute Gasteiger partial charge is 0.497 e. The van der Waals surface area contributed by atoms with Crippen LogP contribution >= 0.6 is 0 Å². The summed E-state index contributed by atoms with van der Waals surface area (Å²) in [5.74, 6) is 2.30. The molecule has 0 amide bonds. The molecule has 0 aliphatic carbocycles. The number of hydrogen-bond acceptors (Lipinski definition) is 4. The fourth-order valence-corrected chi connectivity index (χ4v) is 3.62. The van der Waals surface area contributed by atoms with Crippen molar-refractivity contribution in [3.63, 3.8) is 0 Å². The van der Waals surface area contributed by atoms with E-state index < -0.39 is 0 Å². The lowest BCUT2D eigenvalue weighted by Gasteiger charge is -2.15. The van der Waals surface area contributed by atoms with Gasteiger partial charge in [0.05, 0.1) is 24.6 Å². The number of hydrogen-bond donors (Lipinski definition) is 0. The molecule has 0 unspecified atom stereocenters. The first-order valence-electron chi connectivity index (χ1n) is 10.4. The second-order valence-electron chi connectivity index (χ2n) is 7.54. The van der Waals surface area contributed by atoms with E-state index in [2.05, 4.69) is 19.9 Å². The minimum Gasteiger partial charge on any atom is -0.497 e. The third kappa shape index (κ3) is 4.31. The fourth-order valence-electron chi connectivity index (χ4n) is 3.62. The van der Waals surface area contributed by atoms with Gasteiger partial charge in [0, 0.05) is 12.1 Å². The maximum Gasteiger partial charge on any atom is 0.261 e. The molecule has 0 saturated heterocycles. The quantitative estimate of drug-likeness (QED) is 0.392. The molecule has 4 aromatic rings. The van der Waals surface area contributed by atoms with E-state index in [-0.39, 0.29) is 5.56 Å². The van der Waals surface area contributed by atoms with Crippen LogP contribution in [-0.2, 0) is 6.54 Å². The van der Waals surface area contributed by atoms with Gasteiger partial charge in [-0.1, -0.05) is 24.3 Å². The molecule has 0 fully saturated rings. The van der Waals surface area contributed by atoms with Gasteiger partial charge < -0.3 is 9.47 Å². The zero-order valence-corrected chi connectivity index (χ0v) is 18.1. The summed E-state index contributed by atoms with van der Waals surface area (Å²) in [6, 6.07) is 21.1. The SMILES string of the molecule is COc1ccc(-c2nc3ccccc3c(=O)n2CCCOc2cccc(C)c2C)cc1. The maximum atomic E-state index is 13.3. The van der Waals surface area contributed by atoms with Gasteiger partial charge in [0.1, 0.15) is 17.3 Å². The maximum absolute atomic E-state index is 13.3. The van der Waals surface area contributed by atoms with Gasteiger partial charge in [-0.15, -0.1) is 0 Å². The number of aryl methyl sites for hydroxylation is 1. The molecule has 158 valence electrons. The van der Waals surface area contributed by atoms with Crippen LogP contribution in [0.4, 0.5) is 0 Å². The molecule has 0 saturated carbocycles. The number of ether oxygens (including phenoxy) is 2. The van der Waals surface area contributed by atoms with Crippen molar-refractivity contribution in [1.82, 2.24) is 9.55 Å². The van der Waals surface area contributed by atoms with E-state index in [0.717, 1.165) is 22.6 Å². The van der Waals surface area contributed by atoms with Crippen LogP contribution in [0.1, 0.15) is 17.5 Å². The van der Waals surface area contributed by atoms with Gasteiger partial charge in [0.25, 0.3) is 5.56 Å². The number of rotatable bonds is 7. The Kier molecular flexibility index (Phi) is 6.03. The first-order chi connectivity index (χ1) is 15.1. The average Bonchev–Trinajstić information content (AvgIpc) is 2.80. The number of para-hydroxylation sites is 1. The van der Waals surface area contributed by atoms with Gasteiger partial charge in [-0.25, -0.2) is 4.98 Å². The van der Waals surface area contributed by atoms with E-state index in [1.807, 2.05) is 60.7 Å². The number of benzene rings is 3. The molecule has 3 aromatic carbocycles. The molecule has 4 rings (SSSR count). The summed E-state index contributed by atoms with van der Waals surface area (Å²) >= 11 is 0. The Morgan fingerprint density at radius 3 is 2.48 bits per heavy atom. The van der Waals surface area contributed by atoms with Crippen molar-refractivity contribution in [3.05, 3.63) is 88.2 Å². The second-order valence-corrected chi connectivity index (χ2v) is 7.54. The number of fused-ring (bicyclic) bond motifs is 1. The number of methoxy groups -OCH3 is 1. The first-order valence-corrected chi connectivity index (χ1v) is 10.4. The molecule has 0 N–H and O–H groups in total. The summed E-state index contributed by atoms with van der Waals surface area (Å²) in [5, 5.41) is 0.621. The van der Waals surface area contributed by atoms with Crippen LogP contribution in [0.25, 0.3) is 22.3 Å². The Labute approximate surface area is 181 Å². The van der Waals surface area contributed by atoms with Crippen molar-refractivity contribution >= 4 is 10.9 Å². The smallest absolute Gasteiger partial charge is 0.261 e. The molecule has 0 atom stereocenters. The van der Waals surface area contributed by atoms with Crippen molar-refractivity contribution in [1.29, 1.82) is 0 Å². The molecule has 1 heterocycles. The highest BCUT2D eigenvalue weighted by atomic mass is 16.5. The van der Waals surface area contributed by atoms with Gasteiger partial charge in [-0.05, 0) is 73.9 Å². The van der Waals surface area contributed by atoms with Crippen molar-refractivity contribution in [2.75, 3.05) is 13.7 Å². The van der Waals surface area contributed by atoms with Crippen molar-refractivity contribution < 1.29 is 9.47 Å². The zero-order valence-electron chi connectivity index (χ0n) is 18.1. The standard InChI is InChI=1S/C26H26N2O3/c1-18-8-6-11-24(19(18)2)31-17-7-16-28-25(20-12-14-21(30-3)15-13-20)27-23-10-5-4-9-22(23)26(28)29/h4-6,8-15H,7,16-17H2,1-3H3. The molecule has 0 bridgehead atoms. The molecule has 0 aliphatic rings. The summed E-state index contributed by atoms with van der Waals surface area (Å²) < 4.78 is 13.0. The fraction of sp³-hybridized carbons (Fsp3) is 0.231. The Morgan fingerprint density at radius 1 is 0.935 bits per heavy atom. The Hall–Kier alpha value is -3.60. The van der Waals surface area contributed by atoms with E-state index in [1.165, 1.54) is 5.56 Å². The van der Waals surface area contributed by atoms with Gasteiger partial charge in [0.2, 0.25) is 0 Å². The lowest BCUT2D eigenvalue weighted by molar-refractivity contribution is 0.299. The third-order valence-corrected chi connectivity index (χ3v) is 5.55. The summed E-state index contributed by atoms with van der Waals surface area (Å²) in [6.07, 6.45) is 0.691. The monoisotopic (exact) mass is 414 g/mol. The predicted molar refractivity (Wildman–Crippen MR) is 124 cm³/mol. The predicted octanol–water partition coefficient (Wildman–Crippen LogP) is 5.16. The highest BCUT2D eigenvalue weighted by Gasteiger charge is 2.13. The normalized spacial score (nSPS) is 10.9. The third-order valence-electron chi connectivity index (χ3n) is 5.55. The van der Waals surface area contributed by atoms with Crippen LogP contribution in [0.5, 0.6) is 11.5 Å². The van der Waals surface area contributed by atoms with Crippen LogP contribution in [0.15, 0.2) is 71.5 Å². The van der Waals surface area contributed by atoms with Gasteiger partial charge >= 0.3 is 0 Å². The topological polar surface area (TPSA) is 53.3 Å². The van der Waals surface area contributed by atoms with Crippen LogP contribution in [0.3, 0.4) is 0 Å². The molecule has 0 radical (unpaired) electrons. The average molecular weight is 415 g/mol. The molecular formula is C26H26N2O3. The molecule has 31 heavy (non-hydrogen) atoms. The number of nitrogens with zero attached hydrogens (tertiary/aromatic N) is 2. The Bertz CT molecular complexity index is 1260. The van der Waals surface area contributed by atoms with Gasteiger partial charge in [-0.3, -0.25) is 9.36 Å². The van der Waals surface area contributed by atoms with E-state index in [4.69, 9.17) is 14.5 Å². The lowest BCUT2D eigenvalue weighted by atomic mass is 10.1. The van der Waals surface area contributed by atoms with Crippen molar-refractivity contribution in [2.24, 2.45) is 0 Å². The molecule has 0 spiro atoms. The van der Waals surface area contributed by atoms with Crippen LogP contribution in [0.2, 0.25) is 0 Å². The minimum absolute atomic E-state index is 0.0387. The minimum atomic E-state index is -0.0387. The lowest BCUT2D eigenvalue weighted by Crippen LogP contribution is -2.24. The zero-order chi connectivity index (χ0) is 21.8. The first kappa shape index (κ1) is 20.7. The van der Waals surface area contributed by atoms with Gasteiger partial charge in [-0.2, -0.15) is 0 Å². The van der Waals surface area contributed by atoms with E-state index >= 15 is 0 Å².